The summed E-state index contributed by atoms with van der Waals surface area (Å²) in [6.07, 6.45) is 0. The van der Waals surface area contributed by atoms with Crippen LogP contribution in [0, 0.1) is 12.7 Å². The van der Waals surface area contributed by atoms with Crippen LogP contribution < -0.4 is 10.3 Å². The van der Waals surface area contributed by atoms with E-state index in [9.17, 15) is 14.0 Å². The zero-order chi connectivity index (χ0) is 19.4. The zero-order valence-corrected chi connectivity index (χ0v) is 14.7. The first-order chi connectivity index (χ1) is 13.6. The molecule has 5 rings (SSSR count). The van der Waals surface area contributed by atoms with Crippen LogP contribution in [-0.2, 0) is 0 Å². The van der Waals surface area contributed by atoms with Crippen molar-refractivity contribution in [3.8, 4) is 0 Å². The molecule has 28 heavy (non-hydrogen) atoms. The fourth-order valence-corrected chi connectivity index (χ4v) is 3.61. The smallest absolute Gasteiger partial charge is 0.296 e. The largest absolute Gasteiger partial charge is 0.450 e. The van der Waals surface area contributed by atoms with Gasteiger partial charge in [0.1, 0.15) is 17.2 Å². The van der Waals surface area contributed by atoms with E-state index in [2.05, 4.69) is 5.16 Å². The van der Waals surface area contributed by atoms with E-state index in [1.807, 2.05) is 0 Å². The van der Waals surface area contributed by atoms with Crippen LogP contribution in [-0.4, -0.2) is 11.1 Å². The van der Waals surface area contributed by atoms with Crippen LogP contribution in [0.15, 0.2) is 68.3 Å². The van der Waals surface area contributed by atoms with Crippen molar-refractivity contribution in [2.24, 2.45) is 0 Å². The lowest BCUT2D eigenvalue weighted by molar-refractivity contribution is 0.0969. The molecule has 0 bridgehead atoms. The standard InChI is InChI=1S/C21H13FN2O4/c1-11-10-16(23-28-11)24-18(12-6-2-4-8-14(12)22)17-19(25)13-7-3-5-9-15(13)27-20(17)21(24)26/h2-10,18H,1H3. The predicted octanol–water partition coefficient (Wildman–Crippen LogP) is 3.98. The molecular formula is C21H13FN2O4. The minimum Gasteiger partial charge on any atom is -0.450 e. The Kier molecular flexibility index (Phi) is 3.45. The minimum absolute atomic E-state index is 0.0921. The molecule has 2 aromatic carbocycles. The number of aryl methyl sites for hydroxylation is 1. The van der Waals surface area contributed by atoms with Gasteiger partial charge in [-0.1, -0.05) is 35.5 Å². The maximum absolute atomic E-state index is 14.7. The summed E-state index contributed by atoms with van der Waals surface area (Å²) < 4.78 is 25.6. The highest BCUT2D eigenvalue weighted by Gasteiger charge is 2.45. The molecule has 0 saturated carbocycles. The van der Waals surface area contributed by atoms with Gasteiger partial charge in [0.25, 0.3) is 5.91 Å². The molecule has 0 fully saturated rings. The molecule has 1 aliphatic heterocycles. The van der Waals surface area contributed by atoms with Gasteiger partial charge in [0.15, 0.2) is 11.2 Å². The highest BCUT2D eigenvalue weighted by molar-refractivity contribution is 6.10. The SMILES string of the molecule is Cc1cc(N2C(=O)c3oc4ccccc4c(=O)c3C2c2ccccc2F)no1. The first kappa shape index (κ1) is 16.4. The summed E-state index contributed by atoms with van der Waals surface area (Å²) in [5.41, 5.74) is 0.193. The molecule has 138 valence electrons. The molecule has 0 N–H and O–H groups in total. The number of rotatable bonds is 2. The number of anilines is 1. The van der Waals surface area contributed by atoms with Gasteiger partial charge in [0.2, 0.25) is 5.76 Å². The molecule has 3 heterocycles. The lowest BCUT2D eigenvalue weighted by Crippen LogP contribution is -2.30. The van der Waals surface area contributed by atoms with Crippen molar-refractivity contribution in [1.29, 1.82) is 0 Å². The average molecular weight is 376 g/mol. The lowest BCUT2D eigenvalue weighted by atomic mass is 9.98. The number of benzene rings is 2. The monoisotopic (exact) mass is 376 g/mol. The van der Waals surface area contributed by atoms with Crippen molar-refractivity contribution in [3.63, 3.8) is 0 Å². The molecule has 1 unspecified atom stereocenters. The Labute approximate surface area is 157 Å². The third-order valence-electron chi connectivity index (χ3n) is 4.84. The second-order valence-corrected chi connectivity index (χ2v) is 6.57. The number of hydrogen-bond donors (Lipinski definition) is 0. The number of halogens is 1. The van der Waals surface area contributed by atoms with Gasteiger partial charge in [-0.15, -0.1) is 0 Å². The molecule has 1 aliphatic rings. The second-order valence-electron chi connectivity index (χ2n) is 6.57. The van der Waals surface area contributed by atoms with Crippen LogP contribution in [0.1, 0.15) is 33.5 Å². The van der Waals surface area contributed by atoms with E-state index in [0.29, 0.717) is 16.7 Å². The number of carbonyl (C=O) groups is 1. The number of aromatic nitrogens is 1. The third kappa shape index (κ3) is 2.22. The first-order valence-electron chi connectivity index (χ1n) is 8.63. The van der Waals surface area contributed by atoms with E-state index >= 15 is 0 Å². The van der Waals surface area contributed by atoms with Crippen LogP contribution >= 0.6 is 0 Å². The van der Waals surface area contributed by atoms with Gasteiger partial charge in [-0.05, 0) is 25.1 Å². The Balaban J connectivity index is 1.86. The van der Waals surface area contributed by atoms with Gasteiger partial charge >= 0.3 is 0 Å². The summed E-state index contributed by atoms with van der Waals surface area (Å²) >= 11 is 0. The molecule has 7 heteroatoms. The van der Waals surface area contributed by atoms with Crippen molar-refractivity contribution in [2.45, 2.75) is 13.0 Å². The minimum atomic E-state index is -1.01. The van der Waals surface area contributed by atoms with E-state index in [1.54, 1.807) is 49.4 Å². The molecule has 0 saturated heterocycles. The number of nitrogens with zero attached hydrogens (tertiary/aromatic N) is 2. The van der Waals surface area contributed by atoms with Crippen LogP contribution in [0.5, 0.6) is 0 Å². The Morgan fingerprint density at radius 2 is 1.82 bits per heavy atom. The van der Waals surface area contributed by atoms with Gasteiger partial charge in [0.05, 0.1) is 17.0 Å². The summed E-state index contributed by atoms with van der Waals surface area (Å²) in [6, 6.07) is 13.2. The Bertz CT molecular complexity index is 1310. The number of amides is 1. The average Bonchev–Trinajstić information content (AvgIpc) is 3.24. The summed E-state index contributed by atoms with van der Waals surface area (Å²) in [5.74, 6) is -0.552. The Morgan fingerprint density at radius 1 is 1.07 bits per heavy atom. The van der Waals surface area contributed by atoms with Gasteiger partial charge in [-0.3, -0.25) is 14.5 Å². The van der Waals surface area contributed by atoms with Gasteiger partial charge in [0, 0.05) is 11.6 Å². The summed E-state index contributed by atoms with van der Waals surface area (Å²) in [7, 11) is 0. The van der Waals surface area contributed by atoms with E-state index < -0.39 is 17.8 Å². The van der Waals surface area contributed by atoms with Crippen LogP contribution in [0.4, 0.5) is 10.2 Å². The summed E-state index contributed by atoms with van der Waals surface area (Å²) in [5, 5.41) is 4.23. The van der Waals surface area contributed by atoms with E-state index in [0.717, 1.165) is 0 Å². The van der Waals surface area contributed by atoms with Gasteiger partial charge in [-0.25, -0.2) is 4.39 Å². The predicted molar refractivity (Wildman–Crippen MR) is 98.8 cm³/mol. The Hall–Kier alpha value is -3.74. The topological polar surface area (TPSA) is 76.6 Å². The molecule has 2 aromatic heterocycles. The fraction of sp³-hybridized carbons (Fsp3) is 0.0952. The highest BCUT2D eigenvalue weighted by Crippen LogP contribution is 2.41. The number of hydrogen-bond acceptors (Lipinski definition) is 5. The zero-order valence-electron chi connectivity index (χ0n) is 14.7. The van der Waals surface area contributed by atoms with Crippen molar-refractivity contribution in [2.75, 3.05) is 4.90 Å². The van der Waals surface area contributed by atoms with Crippen LogP contribution in [0.25, 0.3) is 11.0 Å². The van der Waals surface area contributed by atoms with Crippen molar-refractivity contribution in [3.05, 3.63) is 93.3 Å². The molecule has 6 nitrogen and oxygen atoms in total. The van der Waals surface area contributed by atoms with E-state index in [4.69, 9.17) is 8.94 Å². The molecule has 1 atom stereocenters. The van der Waals surface area contributed by atoms with Gasteiger partial charge in [-0.2, -0.15) is 0 Å². The van der Waals surface area contributed by atoms with E-state index in [1.165, 1.54) is 17.0 Å². The molecule has 0 radical (unpaired) electrons. The Morgan fingerprint density at radius 3 is 2.57 bits per heavy atom. The number of para-hydroxylation sites is 1. The molecule has 1 amide bonds. The summed E-state index contributed by atoms with van der Waals surface area (Å²) in [6.45, 7) is 1.68. The maximum atomic E-state index is 14.7. The molecule has 4 aromatic rings. The van der Waals surface area contributed by atoms with Crippen LogP contribution in [0.3, 0.4) is 0 Å². The van der Waals surface area contributed by atoms with Crippen molar-refractivity contribution in [1.82, 2.24) is 5.16 Å². The quantitative estimate of drug-likeness (QED) is 0.529. The molecular weight excluding hydrogens is 363 g/mol. The van der Waals surface area contributed by atoms with Gasteiger partial charge < -0.3 is 8.94 Å². The highest BCUT2D eigenvalue weighted by atomic mass is 19.1. The third-order valence-corrected chi connectivity index (χ3v) is 4.84. The summed E-state index contributed by atoms with van der Waals surface area (Å²) in [4.78, 5) is 27.7. The first-order valence-corrected chi connectivity index (χ1v) is 8.63. The number of carbonyl (C=O) groups excluding carboxylic acids is 1. The molecule has 0 spiro atoms. The lowest BCUT2D eigenvalue weighted by Gasteiger charge is -2.22. The van der Waals surface area contributed by atoms with E-state index in [-0.39, 0.29) is 28.1 Å². The van der Waals surface area contributed by atoms with Crippen LogP contribution in [0.2, 0.25) is 0 Å². The second kappa shape index (κ2) is 5.88. The number of fused-ring (bicyclic) bond motifs is 2. The normalized spacial score (nSPS) is 16.0. The molecule has 0 aliphatic carbocycles. The van der Waals surface area contributed by atoms with Crippen molar-refractivity contribution < 1.29 is 18.1 Å². The fourth-order valence-electron chi connectivity index (χ4n) is 3.61. The van der Waals surface area contributed by atoms with Crippen molar-refractivity contribution >= 4 is 22.7 Å². The maximum Gasteiger partial charge on any atom is 0.296 e.